The van der Waals surface area contributed by atoms with Crippen LogP contribution in [0.1, 0.15) is 18.7 Å². The van der Waals surface area contributed by atoms with E-state index in [-0.39, 0.29) is 22.9 Å². The molecule has 0 saturated carbocycles. The van der Waals surface area contributed by atoms with Gasteiger partial charge in [-0.1, -0.05) is 0 Å². The Balaban J connectivity index is 1.64. The molecule has 3 aromatic rings. The van der Waals surface area contributed by atoms with Crippen LogP contribution in [0.4, 0.5) is 11.8 Å². The molecule has 1 aliphatic heterocycles. The minimum Gasteiger partial charge on any atom is -0.494 e. The van der Waals surface area contributed by atoms with E-state index in [0.29, 0.717) is 6.61 Å². The van der Waals surface area contributed by atoms with Gasteiger partial charge in [0.15, 0.2) is 23.2 Å². The van der Waals surface area contributed by atoms with Crippen LogP contribution < -0.4 is 15.9 Å². The average Bonchev–Trinajstić information content (AvgIpc) is 3.27. The Hall–Kier alpha value is -3.32. The summed E-state index contributed by atoms with van der Waals surface area (Å²) in [6, 6.07) is 7.34. The standard InChI is InChI=1S/C19H23N7O5/c1-2-30-11-5-3-10(4-6-11)7-23-25-19-24-13-16(20)21-9-22-17(13)26(19)18-15(29)14(28)12(8-27)31-18/h3-7,9,12,14-15,18,27-29H,2,8H2,1H3,(H,24,25)(H2,20,21,22)/b23-7+/t12-,14-,15+,18-/m1/s1. The molecule has 0 radical (unpaired) electrons. The zero-order valence-corrected chi connectivity index (χ0v) is 16.7. The molecule has 1 aromatic carbocycles. The summed E-state index contributed by atoms with van der Waals surface area (Å²) >= 11 is 0. The summed E-state index contributed by atoms with van der Waals surface area (Å²) in [4.78, 5) is 12.5. The van der Waals surface area contributed by atoms with Crippen molar-refractivity contribution in [2.45, 2.75) is 31.5 Å². The lowest BCUT2D eigenvalue weighted by Crippen LogP contribution is -2.33. The number of aliphatic hydroxyl groups excluding tert-OH is 3. The molecular weight excluding hydrogens is 406 g/mol. The molecule has 1 fully saturated rings. The Labute approximate surface area is 177 Å². The van der Waals surface area contributed by atoms with Crippen molar-refractivity contribution in [3.63, 3.8) is 0 Å². The van der Waals surface area contributed by atoms with Gasteiger partial charge in [0.05, 0.1) is 19.4 Å². The van der Waals surface area contributed by atoms with Gasteiger partial charge in [0, 0.05) is 0 Å². The number of hydrogen-bond acceptors (Lipinski definition) is 11. The average molecular weight is 429 g/mol. The minimum absolute atomic E-state index is 0.133. The normalized spacial score (nSPS) is 23.6. The summed E-state index contributed by atoms with van der Waals surface area (Å²) in [5.74, 6) is 1.06. The molecular formula is C19H23N7O5. The molecule has 12 heteroatoms. The van der Waals surface area contributed by atoms with Gasteiger partial charge in [-0.2, -0.15) is 5.10 Å². The topological polar surface area (TPSA) is 173 Å². The lowest BCUT2D eigenvalue weighted by atomic mass is 10.1. The van der Waals surface area contributed by atoms with Crippen molar-refractivity contribution in [1.29, 1.82) is 0 Å². The summed E-state index contributed by atoms with van der Waals surface area (Å²) < 4.78 is 12.5. The number of nitrogens with zero attached hydrogens (tertiary/aromatic N) is 5. The highest BCUT2D eigenvalue weighted by Gasteiger charge is 2.45. The number of aliphatic hydroxyl groups is 3. The van der Waals surface area contributed by atoms with Crippen molar-refractivity contribution < 1.29 is 24.8 Å². The molecule has 6 N–H and O–H groups in total. The van der Waals surface area contributed by atoms with Crippen molar-refractivity contribution >= 4 is 29.1 Å². The maximum atomic E-state index is 10.5. The van der Waals surface area contributed by atoms with E-state index in [1.54, 1.807) is 6.21 Å². The minimum atomic E-state index is -1.33. The summed E-state index contributed by atoms with van der Waals surface area (Å²) in [6.07, 6.45) is -1.82. The third-order valence-electron chi connectivity index (χ3n) is 4.85. The largest absolute Gasteiger partial charge is 0.494 e. The van der Waals surface area contributed by atoms with Gasteiger partial charge in [0.2, 0.25) is 5.95 Å². The van der Waals surface area contributed by atoms with E-state index in [4.69, 9.17) is 15.2 Å². The SMILES string of the molecule is CCOc1ccc(/C=N/Nc2nc3c(N)ncnc3n2[C@@H]2O[C@H](CO)[C@@H](O)[C@@H]2O)cc1. The van der Waals surface area contributed by atoms with Crippen LogP contribution in [-0.4, -0.2) is 72.6 Å². The van der Waals surface area contributed by atoms with Crippen molar-refractivity contribution in [3.05, 3.63) is 36.2 Å². The molecule has 1 aliphatic rings. The fourth-order valence-electron chi connectivity index (χ4n) is 3.32. The number of hydrogen-bond donors (Lipinski definition) is 5. The number of anilines is 2. The molecule has 4 rings (SSSR count). The van der Waals surface area contributed by atoms with Gasteiger partial charge in [-0.25, -0.2) is 20.4 Å². The Morgan fingerprint density at radius 2 is 2.03 bits per heavy atom. The second-order valence-electron chi connectivity index (χ2n) is 6.84. The van der Waals surface area contributed by atoms with Crippen molar-refractivity contribution in [2.24, 2.45) is 5.10 Å². The van der Waals surface area contributed by atoms with Crippen LogP contribution in [0.2, 0.25) is 0 Å². The number of nitrogen functional groups attached to an aromatic ring is 1. The number of nitrogens with two attached hydrogens (primary N) is 1. The number of nitrogens with one attached hydrogen (secondary N) is 1. The van der Waals surface area contributed by atoms with Gasteiger partial charge in [-0.3, -0.25) is 4.57 Å². The molecule has 0 unspecified atom stereocenters. The Kier molecular flexibility index (Phi) is 5.95. The maximum Gasteiger partial charge on any atom is 0.228 e. The van der Waals surface area contributed by atoms with E-state index in [0.717, 1.165) is 11.3 Å². The van der Waals surface area contributed by atoms with E-state index in [9.17, 15) is 15.3 Å². The third kappa shape index (κ3) is 4.01. The molecule has 3 heterocycles. The highest BCUT2D eigenvalue weighted by Crippen LogP contribution is 2.35. The van der Waals surface area contributed by atoms with E-state index < -0.39 is 31.1 Å². The Bertz CT molecular complexity index is 1070. The molecule has 0 aliphatic carbocycles. The van der Waals surface area contributed by atoms with Crippen LogP contribution in [0, 0.1) is 0 Å². The molecule has 31 heavy (non-hydrogen) atoms. The van der Waals surface area contributed by atoms with Crippen LogP contribution in [-0.2, 0) is 4.74 Å². The van der Waals surface area contributed by atoms with Crippen LogP contribution >= 0.6 is 0 Å². The molecule has 4 atom stereocenters. The molecule has 2 aromatic heterocycles. The van der Waals surface area contributed by atoms with E-state index in [2.05, 4.69) is 25.5 Å². The van der Waals surface area contributed by atoms with Gasteiger partial charge in [0.25, 0.3) is 0 Å². The van der Waals surface area contributed by atoms with Gasteiger partial charge < -0.3 is 30.5 Å². The van der Waals surface area contributed by atoms with Gasteiger partial charge >= 0.3 is 0 Å². The first-order valence-electron chi connectivity index (χ1n) is 9.66. The predicted molar refractivity (Wildman–Crippen MR) is 112 cm³/mol. The highest BCUT2D eigenvalue weighted by atomic mass is 16.6. The van der Waals surface area contributed by atoms with Gasteiger partial charge in [-0.05, 0) is 36.8 Å². The van der Waals surface area contributed by atoms with Crippen molar-refractivity contribution in [3.8, 4) is 5.75 Å². The third-order valence-corrected chi connectivity index (χ3v) is 4.85. The Morgan fingerprint density at radius 3 is 2.71 bits per heavy atom. The smallest absolute Gasteiger partial charge is 0.228 e. The van der Waals surface area contributed by atoms with Gasteiger partial charge in [0.1, 0.15) is 30.4 Å². The molecule has 1 saturated heterocycles. The Morgan fingerprint density at radius 1 is 1.26 bits per heavy atom. The first-order chi connectivity index (χ1) is 15.0. The lowest BCUT2D eigenvalue weighted by molar-refractivity contribution is -0.0501. The fraction of sp³-hybridized carbons (Fsp3) is 0.368. The number of benzene rings is 1. The zero-order chi connectivity index (χ0) is 22.0. The summed E-state index contributed by atoms with van der Waals surface area (Å²) in [6.45, 7) is 2.03. The summed E-state index contributed by atoms with van der Waals surface area (Å²) in [5.41, 5.74) is 10.1. The number of rotatable bonds is 7. The summed E-state index contributed by atoms with van der Waals surface area (Å²) in [7, 11) is 0. The van der Waals surface area contributed by atoms with Crippen LogP contribution in [0.5, 0.6) is 5.75 Å². The number of ether oxygens (including phenoxy) is 2. The first kappa shape index (κ1) is 20.9. The maximum absolute atomic E-state index is 10.5. The van der Waals surface area contributed by atoms with E-state index >= 15 is 0 Å². The van der Waals surface area contributed by atoms with Crippen molar-refractivity contribution in [2.75, 3.05) is 24.4 Å². The zero-order valence-electron chi connectivity index (χ0n) is 16.7. The van der Waals surface area contributed by atoms with Crippen LogP contribution in [0.15, 0.2) is 35.7 Å². The molecule has 0 spiro atoms. The second kappa shape index (κ2) is 8.81. The number of fused-ring (bicyclic) bond motifs is 1. The van der Waals surface area contributed by atoms with E-state index in [1.807, 2.05) is 31.2 Å². The number of aromatic nitrogens is 4. The molecule has 12 nitrogen and oxygen atoms in total. The highest BCUT2D eigenvalue weighted by molar-refractivity contribution is 5.84. The lowest BCUT2D eigenvalue weighted by Gasteiger charge is -2.18. The van der Waals surface area contributed by atoms with Crippen molar-refractivity contribution in [1.82, 2.24) is 19.5 Å². The number of imidazole rings is 1. The molecule has 164 valence electrons. The molecule has 0 amide bonds. The second-order valence-corrected chi connectivity index (χ2v) is 6.84. The number of hydrazone groups is 1. The first-order valence-corrected chi connectivity index (χ1v) is 9.66. The monoisotopic (exact) mass is 429 g/mol. The predicted octanol–water partition coefficient (Wildman–Crippen LogP) is -0.135. The quantitative estimate of drug-likeness (QED) is 0.251. The van der Waals surface area contributed by atoms with Crippen LogP contribution in [0.25, 0.3) is 11.2 Å². The van der Waals surface area contributed by atoms with E-state index in [1.165, 1.54) is 10.9 Å². The fourth-order valence-corrected chi connectivity index (χ4v) is 3.32. The van der Waals surface area contributed by atoms with Gasteiger partial charge in [-0.15, -0.1) is 0 Å². The summed E-state index contributed by atoms with van der Waals surface area (Å²) in [5, 5.41) is 34.2. The molecule has 0 bridgehead atoms. The van der Waals surface area contributed by atoms with Crippen LogP contribution in [0.3, 0.4) is 0 Å².